The first-order valence-corrected chi connectivity index (χ1v) is 4.34. The van der Waals surface area contributed by atoms with Crippen molar-refractivity contribution in [3.63, 3.8) is 0 Å². The van der Waals surface area contributed by atoms with Crippen molar-refractivity contribution in [2.75, 3.05) is 0 Å². The van der Waals surface area contributed by atoms with Gasteiger partial charge in [0.25, 0.3) is 0 Å². The number of carbonyl (C=O) groups excluding carboxylic acids is 1. The third-order valence-corrected chi connectivity index (χ3v) is 1.85. The van der Waals surface area contributed by atoms with E-state index in [2.05, 4.69) is 9.99 Å². The number of carbonyl (C=O) groups is 1. The predicted molar refractivity (Wildman–Crippen MR) is 54.1 cm³/mol. The molecule has 78 valence electrons. The van der Waals surface area contributed by atoms with Crippen molar-refractivity contribution in [3.8, 4) is 6.07 Å². The Bertz CT molecular complexity index is 452. The van der Waals surface area contributed by atoms with Gasteiger partial charge < -0.3 is 9.40 Å². The van der Waals surface area contributed by atoms with Gasteiger partial charge in [-0.25, -0.2) is 4.79 Å². The molecule has 0 unspecified atom stereocenters. The lowest BCUT2D eigenvalue weighted by atomic mass is 10.2. The Labute approximate surface area is 87.6 Å². The molecule has 5 nitrogen and oxygen atoms in total. The second-order valence-electron chi connectivity index (χ2n) is 3.06. The average molecular weight is 205 g/mol. The van der Waals surface area contributed by atoms with Crippen molar-refractivity contribution in [3.05, 3.63) is 23.5 Å². The molecule has 0 aliphatic rings. The lowest BCUT2D eigenvalue weighted by Crippen LogP contribution is -2.06. The van der Waals surface area contributed by atoms with Gasteiger partial charge in [-0.3, -0.25) is 0 Å². The molecule has 1 rings (SSSR count). The summed E-state index contributed by atoms with van der Waals surface area (Å²) in [5.41, 5.74) is 1.65. The van der Waals surface area contributed by atoms with Crippen LogP contribution in [0.15, 0.2) is 17.4 Å². The molecule has 0 amide bonds. The van der Waals surface area contributed by atoms with Crippen LogP contribution in [0.1, 0.15) is 25.1 Å². The number of nitriles is 1. The molecule has 0 aliphatic heterocycles. The van der Waals surface area contributed by atoms with E-state index in [1.54, 1.807) is 30.8 Å². The minimum Gasteiger partial charge on any atom is -0.348 e. The van der Waals surface area contributed by atoms with E-state index in [-0.39, 0.29) is 0 Å². The summed E-state index contributed by atoms with van der Waals surface area (Å²) < 4.78 is 1.75. The Morgan fingerprint density at radius 3 is 2.80 bits per heavy atom. The molecule has 5 heteroatoms. The molecule has 0 spiro atoms. The van der Waals surface area contributed by atoms with E-state index < -0.39 is 5.97 Å². The zero-order valence-electron chi connectivity index (χ0n) is 8.81. The Morgan fingerprint density at radius 1 is 1.60 bits per heavy atom. The minimum absolute atomic E-state index is 0.484. The first-order chi connectivity index (χ1) is 7.06. The third kappa shape index (κ3) is 2.44. The maximum Gasteiger partial charge on any atom is 0.331 e. The quantitative estimate of drug-likeness (QED) is 0.413. The van der Waals surface area contributed by atoms with Gasteiger partial charge in [0.15, 0.2) is 0 Å². The summed E-state index contributed by atoms with van der Waals surface area (Å²) in [6, 6.07) is 3.73. The lowest BCUT2D eigenvalue weighted by Gasteiger charge is -2.02. The molecule has 0 aromatic carbocycles. The van der Waals surface area contributed by atoms with Crippen molar-refractivity contribution in [2.45, 2.75) is 13.8 Å². The summed E-state index contributed by atoms with van der Waals surface area (Å²) in [7, 11) is 1.79. The first kappa shape index (κ1) is 11.0. The van der Waals surface area contributed by atoms with Crippen LogP contribution in [0.3, 0.4) is 0 Å². The Balaban J connectivity index is 3.05. The van der Waals surface area contributed by atoms with Crippen LogP contribution in [-0.2, 0) is 16.7 Å². The monoisotopic (exact) mass is 205 g/mol. The van der Waals surface area contributed by atoms with Crippen LogP contribution in [0.4, 0.5) is 0 Å². The molecule has 0 saturated heterocycles. The van der Waals surface area contributed by atoms with Gasteiger partial charge in [-0.05, 0) is 13.0 Å². The highest BCUT2D eigenvalue weighted by atomic mass is 16.7. The summed E-state index contributed by atoms with van der Waals surface area (Å²) in [6.07, 6.45) is 1.75. The fraction of sp³-hybridized carbons (Fsp3) is 0.300. The van der Waals surface area contributed by atoms with Crippen LogP contribution in [0, 0.1) is 11.3 Å². The highest BCUT2D eigenvalue weighted by molar-refractivity contribution is 5.99. The highest BCUT2D eigenvalue weighted by Gasteiger charge is 2.10. The Hall–Kier alpha value is -2.09. The van der Waals surface area contributed by atoms with Crippen LogP contribution in [0.5, 0.6) is 0 Å². The van der Waals surface area contributed by atoms with Crippen LogP contribution < -0.4 is 0 Å². The van der Waals surface area contributed by atoms with Gasteiger partial charge in [0.2, 0.25) is 0 Å². The van der Waals surface area contributed by atoms with E-state index in [1.807, 2.05) is 6.07 Å². The van der Waals surface area contributed by atoms with Gasteiger partial charge in [-0.2, -0.15) is 5.26 Å². The number of hydrogen-bond acceptors (Lipinski definition) is 4. The smallest absolute Gasteiger partial charge is 0.331 e. The maximum absolute atomic E-state index is 10.6. The number of oxime groups is 1. The zero-order chi connectivity index (χ0) is 11.4. The van der Waals surface area contributed by atoms with E-state index in [1.165, 1.54) is 6.92 Å². The maximum atomic E-state index is 10.6. The summed E-state index contributed by atoms with van der Waals surface area (Å²) in [5.74, 6) is -0.484. The van der Waals surface area contributed by atoms with Gasteiger partial charge in [-0.15, -0.1) is 0 Å². The van der Waals surface area contributed by atoms with Crippen LogP contribution >= 0.6 is 0 Å². The SMILES string of the molecule is CC(=O)ON=C(C)c1c(C#N)ccn1C. The number of hydrogen-bond donors (Lipinski definition) is 0. The molecule has 0 saturated carbocycles. The molecule has 1 aromatic heterocycles. The number of rotatable bonds is 2. The zero-order valence-corrected chi connectivity index (χ0v) is 8.81. The molecule has 1 aromatic rings. The number of aryl methyl sites for hydroxylation is 1. The van der Waals surface area contributed by atoms with Gasteiger partial charge in [0.1, 0.15) is 11.8 Å². The van der Waals surface area contributed by atoms with E-state index in [0.29, 0.717) is 17.0 Å². The molecule has 0 atom stereocenters. The summed E-state index contributed by atoms with van der Waals surface area (Å²) in [6.45, 7) is 2.95. The van der Waals surface area contributed by atoms with Gasteiger partial charge >= 0.3 is 5.97 Å². The van der Waals surface area contributed by atoms with E-state index >= 15 is 0 Å². The van der Waals surface area contributed by atoms with Crippen molar-refractivity contribution < 1.29 is 9.63 Å². The Morgan fingerprint density at radius 2 is 2.27 bits per heavy atom. The van der Waals surface area contributed by atoms with Crippen molar-refractivity contribution >= 4 is 11.7 Å². The van der Waals surface area contributed by atoms with E-state index in [4.69, 9.17) is 5.26 Å². The molecule has 0 bridgehead atoms. The van der Waals surface area contributed by atoms with Gasteiger partial charge in [0, 0.05) is 20.2 Å². The van der Waals surface area contributed by atoms with E-state index in [9.17, 15) is 4.79 Å². The van der Waals surface area contributed by atoms with Crippen molar-refractivity contribution in [2.24, 2.45) is 12.2 Å². The topological polar surface area (TPSA) is 67.4 Å². The van der Waals surface area contributed by atoms with E-state index in [0.717, 1.165) is 0 Å². The summed E-state index contributed by atoms with van der Waals surface area (Å²) >= 11 is 0. The molecule has 0 fully saturated rings. The fourth-order valence-corrected chi connectivity index (χ4v) is 1.25. The van der Waals surface area contributed by atoms with Gasteiger partial charge in [0.05, 0.1) is 11.3 Å². The largest absolute Gasteiger partial charge is 0.348 e. The van der Waals surface area contributed by atoms with Crippen molar-refractivity contribution in [1.82, 2.24) is 4.57 Å². The van der Waals surface area contributed by atoms with Crippen LogP contribution in [0.25, 0.3) is 0 Å². The highest BCUT2D eigenvalue weighted by Crippen LogP contribution is 2.10. The molecule has 1 heterocycles. The first-order valence-electron chi connectivity index (χ1n) is 4.34. The second kappa shape index (κ2) is 4.42. The number of aromatic nitrogens is 1. The van der Waals surface area contributed by atoms with Crippen LogP contribution in [-0.4, -0.2) is 16.2 Å². The molecule has 0 aliphatic carbocycles. The summed E-state index contributed by atoms with van der Waals surface area (Å²) in [4.78, 5) is 15.1. The standard InChI is InChI=1S/C10H11N3O2/c1-7(12-15-8(2)14)10-9(6-11)4-5-13(10)3/h4-5H,1-3H3. The van der Waals surface area contributed by atoms with Gasteiger partial charge in [-0.1, -0.05) is 5.16 Å². The normalized spacial score (nSPS) is 10.9. The average Bonchev–Trinajstić information content (AvgIpc) is 2.56. The summed E-state index contributed by atoms with van der Waals surface area (Å²) in [5, 5.41) is 12.5. The lowest BCUT2D eigenvalue weighted by molar-refractivity contribution is -0.140. The Kier molecular flexibility index (Phi) is 3.24. The molecule has 0 N–H and O–H groups in total. The predicted octanol–water partition coefficient (Wildman–Crippen LogP) is 1.18. The van der Waals surface area contributed by atoms with Crippen LogP contribution in [0.2, 0.25) is 0 Å². The van der Waals surface area contributed by atoms with Crippen molar-refractivity contribution in [1.29, 1.82) is 5.26 Å². The third-order valence-electron chi connectivity index (χ3n) is 1.85. The number of nitrogens with zero attached hydrogens (tertiary/aromatic N) is 3. The molecular weight excluding hydrogens is 194 g/mol. The molecule has 0 radical (unpaired) electrons. The fourth-order valence-electron chi connectivity index (χ4n) is 1.25. The molecular formula is C10H11N3O2. The molecule has 15 heavy (non-hydrogen) atoms. The second-order valence-corrected chi connectivity index (χ2v) is 3.06. The minimum atomic E-state index is -0.484.